The molecule has 0 radical (unpaired) electrons. The van der Waals surface area contributed by atoms with E-state index in [0.29, 0.717) is 18.4 Å². The summed E-state index contributed by atoms with van der Waals surface area (Å²) in [6.07, 6.45) is 5.11. The second-order valence-electron chi connectivity index (χ2n) is 8.41. The van der Waals surface area contributed by atoms with Crippen molar-refractivity contribution in [3.63, 3.8) is 0 Å². The van der Waals surface area contributed by atoms with Gasteiger partial charge in [-0.3, -0.25) is 19.5 Å². The Morgan fingerprint density at radius 3 is 2.75 bits per heavy atom. The van der Waals surface area contributed by atoms with Crippen LogP contribution in [0, 0.1) is 5.92 Å². The van der Waals surface area contributed by atoms with Crippen LogP contribution < -0.4 is 5.56 Å². The maximum atomic E-state index is 12.8. The fourth-order valence-corrected chi connectivity index (χ4v) is 5.13. The molecule has 5 rings (SSSR count). The molecule has 1 amide bonds. The summed E-state index contributed by atoms with van der Waals surface area (Å²) in [5.74, 6) is 1.00. The standard InChI is InChI=1S/C22H26N4O2/c27-21-11-17(19-5-1-2-6-23-19)10-20-18-9-16(13-26(20)21)12-24(14-18)15-22(28)25-7-3-4-8-25/h1-2,5-6,10-11,16,18H,3-4,7-9,12-15H2/t16-,18+/m0/s1. The SMILES string of the molecule is O=C(CN1C[C@@H]2C[C@H](C1)c1cc(-c3ccccn3)cc(=O)n1C2)N1CCCC1. The first-order chi connectivity index (χ1) is 13.7. The highest BCUT2D eigenvalue weighted by Gasteiger charge is 2.36. The molecule has 3 aliphatic rings. The number of carbonyl (C=O) groups excluding carboxylic acids is 1. The van der Waals surface area contributed by atoms with Gasteiger partial charge in [0.15, 0.2) is 0 Å². The van der Waals surface area contributed by atoms with Gasteiger partial charge in [0.25, 0.3) is 5.56 Å². The first kappa shape index (κ1) is 17.6. The van der Waals surface area contributed by atoms with Crippen LogP contribution in [0.4, 0.5) is 0 Å². The Morgan fingerprint density at radius 1 is 1.11 bits per heavy atom. The summed E-state index contributed by atoms with van der Waals surface area (Å²) >= 11 is 0. The van der Waals surface area contributed by atoms with Crippen molar-refractivity contribution < 1.29 is 4.79 Å². The lowest BCUT2D eigenvalue weighted by Gasteiger charge is -2.43. The van der Waals surface area contributed by atoms with Crippen LogP contribution in [0.3, 0.4) is 0 Å². The maximum Gasteiger partial charge on any atom is 0.251 e. The summed E-state index contributed by atoms with van der Waals surface area (Å²) in [6, 6.07) is 9.62. The Morgan fingerprint density at radius 2 is 1.96 bits per heavy atom. The fourth-order valence-electron chi connectivity index (χ4n) is 5.13. The second kappa shape index (κ2) is 7.17. The number of rotatable bonds is 3. The topological polar surface area (TPSA) is 58.4 Å². The third-order valence-corrected chi connectivity index (χ3v) is 6.41. The zero-order chi connectivity index (χ0) is 19.1. The van der Waals surface area contributed by atoms with Crippen molar-refractivity contribution in [1.29, 1.82) is 0 Å². The molecule has 3 aliphatic heterocycles. The average molecular weight is 378 g/mol. The van der Waals surface area contributed by atoms with Crippen molar-refractivity contribution in [1.82, 2.24) is 19.4 Å². The number of likely N-dealkylation sites (tertiary alicyclic amines) is 2. The van der Waals surface area contributed by atoms with Gasteiger partial charge in [0.1, 0.15) is 0 Å². The Hall–Kier alpha value is -2.47. The summed E-state index contributed by atoms with van der Waals surface area (Å²) in [7, 11) is 0. The fraction of sp³-hybridized carbons (Fsp3) is 0.500. The summed E-state index contributed by atoms with van der Waals surface area (Å²) in [4.78, 5) is 34.1. The maximum absolute atomic E-state index is 12.8. The summed E-state index contributed by atoms with van der Waals surface area (Å²) in [6.45, 7) is 4.83. The molecule has 0 aromatic carbocycles. The molecule has 5 heterocycles. The summed E-state index contributed by atoms with van der Waals surface area (Å²) in [5, 5.41) is 0. The molecule has 0 aliphatic carbocycles. The van der Waals surface area contributed by atoms with E-state index in [1.165, 1.54) is 0 Å². The molecule has 6 nitrogen and oxygen atoms in total. The molecular formula is C22H26N4O2. The first-order valence-electron chi connectivity index (χ1n) is 10.3. The number of nitrogens with zero attached hydrogens (tertiary/aromatic N) is 4. The number of hydrogen-bond acceptors (Lipinski definition) is 4. The Bertz CT molecular complexity index is 933. The van der Waals surface area contributed by atoms with Gasteiger partial charge >= 0.3 is 0 Å². The van der Waals surface area contributed by atoms with Crippen molar-refractivity contribution in [3.8, 4) is 11.3 Å². The average Bonchev–Trinajstić information content (AvgIpc) is 3.24. The molecule has 146 valence electrons. The number of piperidine rings is 1. The normalized spacial score (nSPS) is 24.2. The van der Waals surface area contributed by atoms with Gasteiger partial charge in [-0.15, -0.1) is 0 Å². The van der Waals surface area contributed by atoms with Gasteiger partial charge in [-0.25, -0.2) is 0 Å². The highest BCUT2D eigenvalue weighted by molar-refractivity contribution is 5.78. The molecular weight excluding hydrogens is 352 g/mol. The van der Waals surface area contributed by atoms with E-state index < -0.39 is 0 Å². The van der Waals surface area contributed by atoms with E-state index in [1.807, 2.05) is 27.7 Å². The van der Waals surface area contributed by atoms with Crippen LogP contribution >= 0.6 is 0 Å². The largest absolute Gasteiger partial charge is 0.342 e. The minimum atomic E-state index is 0.0643. The zero-order valence-corrected chi connectivity index (χ0v) is 16.1. The monoisotopic (exact) mass is 378 g/mol. The van der Waals surface area contributed by atoms with Crippen LogP contribution in [0.2, 0.25) is 0 Å². The molecule has 6 heteroatoms. The van der Waals surface area contributed by atoms with Crippen LogP contribution in [-0.2, 0) is 11.3 Å². The molecule has 2 fully saturated rings. The number of hydrogen-bond donors (Lipinski definition) is 0. The molecule has 2 aromatic rings. The van der Waals surface area contributed by atoms with Crippen molar-refractivity contribution >= 4 is 5.91 Å². The number of aromatic nitrogens is 2. The molecule has 0 unspecified atom stereocenters. The van der Waals surface area contributed by atoms with Crippen molar-refractivity contribution in [3.05, 3.63) is 52.6 Å². The molecule has 2 aromatic heterocycles. The van der Waals surface area contributed by atoms with Crippen LogP contribution in [0.15, 0.2) is 41.3 Å². The number of pyridine rings is 2. The molecule has 2 atom stereocenters. The number of amides is 1. The van der Waals surface area contributed by atoms with Crippen LogP contribution in [-0.4, -0.2) is 58.0 Å². The van der Waals surface area contributed by atoms with Gasteiger partial charge in [0.2, 0.25) is 5.91 Å². The lowest BCUT2D eigenvalue weighted by atomic mass is 9.82. The van der Waals surface area contributed by atoms with Crippen LogP contribution in [0.5, 0.6) is 0 Å². The lowest BCUT2D eigenvalue weighted by molar-refractivity contribution is -0.132. The number of carbonyl (C=O) groups is 1. The van der Waals surface area contributed by atoms with Crippen LogP contribution in [0.1, 0.15) is 30.9 Å². The predicted octanol–water partition coefficient (Wildman–Crippen LogP) is 1.95. The van der Waals surface area contributed by atoms with Gasteiger partial charge in [-0.05, 0) is 43.4 Å². The van der Waals surface area contributed by atoms with E-state index in [0.717, 1.165) is 68.9 Å². The second-order valence-corrected chi connectivity index (χ2v) is 8.41. The Kier molecular flexibility index (Phi) is 4.51. The van der Waals surface area contributed by atoms with Gasteiger partial charge in [0, 0.05) is 62.2 Å². The molecule has 2 saturated heterocycles. The van der Waals surface area contributed by atoms with Gasteiger partial charge in [0.05, 0.1) is 12.2 Å². The Labute approximate surface area is 164 Å². The zero-order valence-electron chi connectivity index (χ0n) is 16.1. The van der Waals surface area contributed by atoms with E-state index >= 15 is 0 Å². The minimum Gasteiger partial charge on any atom is -0.342 e. The predicted molar refractivity (Wildman–Crippen MR) is 107 cm³/mol. The van der Waals surface area contributed by atoms with E-state index in [-0.39, 0.29) is 11.5 Å². The molecule has 0 spiro atoms. The van der Waals surface area contributed by atoms with Gasteiger partial charge in [-0.1, -0.05) is 6.07 Å². The van der Waals surface area contributed by atoms with E-state index in [2.05, 4.69) is 16.0 Å². The molecule has 0 N–H and O–H groups in total. The minimum absolute atomic E-state index is 0.0643. The first-order valence-corrected chi connectivity index (χ1v) is 10.3. The summed E-state index contributed by atoms with van der Waals surface area (Å²) in [5.41, 5.74) is 2.89. The van der Waals surface area contributed by atoms with E-state index in [4.69, 9.17) is 0 Å². The molecule has 0 saturated carbocycles. The molecule has 2 bridgehead atoms. The van der Waals surface area contributed by atoms with E-state index in [1.54, 1.807) is 12.3 Å². The highest BCUT2D eigenvalue weighted by atomic mass is 16.2. The Balaban J connectivity index is 1.40. The lowest BCUT2D eigenvalue weighted by Crippen LogP contribution is -2.50. The van der Waals surface area contributed by atoms with Gasteiger partial charge < -0.3 is 9.47 Å². The summed E-state index contributed by atoms with van der Waals surface area (Å²) < 4.78 is 1.95. The van der Waals surface area contributed by atoms with Crippen molar-refractivity contribution in [2.24, 2.45) is 5.92 Å². The van der Waals surface area contributed by atoms with Crippen LogP contribution in [0.25, 0.3) is 11.3 Å². The van der Waals surface area contributed by atoms with Crippen molar-refractivity contribution in [2.75, 3.05) is 32.7 Å². The van der Waals surface area contributed by atoms with E-state index in [9.17, 15) is 9.59 Å². The molecule has 28 heavy (non-hydrogen) atoms. The smallest absolute Gasteiger partial charge is 0.251 e. The third kappa shape index (κ3) is 3.26. The highest BCUT2D eigenvalue weighted by Crippen LogP contribution is 2.36. The quantitative estimate of drug-likeness (QED) is 0.819. The number of fused-ring (bicyclic) bond motifs is 4. The third-order valence-electron chi connectivity index (χ3n) is 6.41. The van der Waals surface area contributed by atoms with Crippen molar-refractivity contribution in [2.45, 2.75) is 31.7 Å². The van der Waals surface area contributed by atoms with Gasteiger partial charge in [-0.2, -0.15) is 0 Å².